The Labute approximate surface area is 97.6 Å². The predicted molar refractivity (Wildman–Crippen MR) is 66.1 cm³/mol. The lowest BCUT2D eigenvalue weighted by Crippen LogP contribution is -2.38. The number of carbonyl (C=O) groups is 1. The SMILES string of the molecule is C=C/C=C/C(=O)NCC(O)CN(C)CCC. The van der Waals surface area contributed by atoms with Crippen LogP contribution in [0.25, 0.3) is 0 Å². The molecule has 0 fully saturated rings. The molecular weight excluding hydrogens is 204 g/mol. The number of carbonyl (C=O) groups excluding carboxylic acids is 1. The van der Waals surface area contributed by atoms with Gasteiger partial charge in [-0.1, -0.05) is 25.7 Å². The van der Waals surface area contributed by atoms with Gasteiger partial charge in [0.15, 0.2) is 0 Å². The van der Waals surface area contributed by atoms with E-state index in [0.29, 0.717) is 6.54 Å². The van der Waals surface area contributed by atoms with Gasteiger partial charge in [0.1, 0.15) is 0 Å². The molecule has 0 bridgehead atoms. The van der Waals surface area contributed by atoms with Crippen LogP contribution in [0, 0.1) is 0 Å². The van der Waals surface area contributed by atoms with Crippen molar-refractivity contribution in [2.45, 2.75) is 19.4 Å². The zero-order valence-electron chi connectivity index (χ0n) is 10.1. The van der Waals surface area contributed by atoms with E-state index in [1.54, 1.807) is 6.08 Å². The summed E-state index contributed by atoms with van der Waals surface area (Å²) < 4.78 is 0. The van der Waals surface area contributed by atoms with Crippen LogP contribution in [0.15, 0.2) is 24.8 Å². The molecule has 0 saturated heterocycles. The number of aliphatic hydroxyl groups is 1. The molecule has 4 heteroatoms. The average Bonchev–Trinajstić information content (AvgIpc) is 2.23. The lowest BCUT2D eigenvalue weighted by Gasteiger charge is -2.19. The standard InChI is InChI=1S/C12H22N2O2/c1-4-6-7-12(16)13-9-11(15)10-14(3)8-5-2/h4,6-7,11,15H,1,5,8-10H2,2-3H3,(H,13,16)/b7-6+. The van der Waals surface area contributed by atoms with Gasteiger partial charge in [-0.05, 0) is 20.0 Å². The smallest absolute Gasteiger partial charge is 0.244 e. The van der Waals surface area contributed by atoms with E-state index in [1.807, 2.05) is 11.9 Å². The summed E-state index contributed by atoms with van der Waals surface area (Å²) in [5.41, 5.74) is 0. The van der Waals surface area contributed by atoms with E-state index in [2.05, 4.69) is 18.8 Å². The molecule has 0 rings (SSSR count). The molecule has 4 nitrogen and oxygen atoms in total. The number of aliphatic hydroxyl groups excluding tert-OH is 1. The number of nitrogens with zero attached hydrogens (tertiary/aromatic N) is 1. The molecule has 0 heterocycles. The van der Waals surface area contributed by atoms with Gasteiger partial charge in [0, 0.05) is 19.2 Å². The van der Waals surface area contributed by atoms with E-state index in [4.69, 9.17) is 0 Å². The van der Waals surface area contributed by atoms with E-state index in [0.717, 1.165) is 13.0 Å². The Hall–Kier alpha value is -1.13. The van der Waals surface area contributed by atoms with Crippen molar-refractivity contribution >= 4 is 5.91 Å². The monoisotopic (exact) mass is 226 g/mol. The van der Waals surface area contributed by atoms with E-state index in [-0.39, 0.29) is 12.5 Å². The Morgan fingerprint density at radius 2 is 2.31 bits per heavy atom. The highest BCUT2D eigenvalue weighted by molar-refractivity contribution is 5.87. The van der Waals surface area contributed by atoms with Gasteiger partial charge >= 0.3 is 0 Å². The van der Waals surface area contributed by atoms with Gasteiger partial charge in [-0.15, -0.1) is 0 Å². The van der Waals surface area contributed by atoms with Gasteiger partial charge in [0.05, 0.1) is 6.10 Å². The maximum atomic E-state index is 11.1. The van der Waals surface area contributed by atoms with Crippen LogP contribution >= 0.6 is 0 Å². The van der Waals surface area contributed by atoms with Gasteiger partial charge in [0.25, 0.3) is 0 Å². The van der Waals surface area contributed by atoms with Gasteiger partial charge in [-0.25, -0.2) is 0 Å². The first kappa shape index (κ1) is 14.9. The zero-order chi connectivity index (χ0) is 12.4. The molecule has 1 atom stereocenters. The van der Waals surface area contributed by atoms with Crippen LogP contribution in [-0.2, 0) is 4.79 Å². The largest absolute Gasteiger partial charge is 0.390 e. The Bertz CT molecular complexity index is 239. The van der Waals surface area contributed by atoms with Crippen molar-refractivity contribution < 1.29 is 9.90 Å². The highest BCUT2D eigenvalue weighted by atomic mass is 16.3. The lowest BCUT2D eigenvalue weighted by atomic mass is 10.3. The second-order valence-corrected chi connectivity index (χ2v) is 3.76. The molecule has 16 heavy (non-hydrogen) atoms. The van der Waals surface area contributed by atoms with Crippen LogP contribution in [0.1, 0.15) is 13.3 Å². The average molecular weight is 226 g/mol. The number of allylic oxidation sites excluding steroid dienone is 2. The van der Waals surface area contributed by atoms with Crippen LogP contribution in [0.4, 0.5) is 0 Å². The van der Waals surface area contributed by atoms with Crippen molar-refractivity contribution in [1.82, 2.24) is 10.2 Å². The number of rotatable bonds is 8. The highest BCUT2D eigenvalue weighted by Gasteiger charge is 2.07. The molecule has 0 saturated carbocycles. The van der Waals surface area contributed by atoms with Crippen LogP contribution in [-0.4, -0.2) is 48.7 Å². The van der Waals surface area contributed by atoms with Crippen molar-refractivity contribution in [3.05, 3.63) is 24.8 Å². The van der Waals surface area contributed by atoms with E-state index in [9.17, 15) is 9.90 Å². The molecule has 92 valence electrons. The summed E-state index contributed by atoms with van der Waals surface area (Å²) >= 11 is 0. The first-order valence-electron chi connectivity index (χ1n) is 5.53. The van der Waals surface area contributed by atoms with Crippen molar-refractivity contribution in [1.29, 1.82) is 0 Å². The maximum absolute atomic E-state index is 11.1. The Morgan fingerprint density at radius 3 is 2.88 bits per heavy atom. The lowest BCUT2D eigenvalue weighted by molar-refractivity contribution is -0.117. The summed E-state index contributed by atoms with van der Waals surface area (Å²) in [6.07, 6.45) is 5.00. The second kappa shape index (κ2) is 9.12. The molecule has 0 aliphatic carbocycles. The van der Waals surface area contributed by atoms with Gasteiger partial charge in [-0.3, -0.25) is 4.79 Å². The minimum Gasteiger partial charge on any atom is -0.390 e. The van der Waals surface area contributed by atoms with Crippen LogP contribution in [0.2, 0.25) is 0 Å². The fourth-order valence-electron chi connectivity index (χ4n) is 1.33. The fourth-order valence-corrected chi connectivity index (χ4v) is 1.33. The summed E-state index contributed by atoms with van der Waals surface area (Å²) in [4.78, 5) is 13.2. The number of hydrogen-bond donors (Lipinski definition) is 2. The highest BCUT2D eigenvalue weighted by Crippen LogP contribution is 1.90. The van der Waals surface area contributed by atoms with Crippen LogP contribution < -0.4 is 5.32 Å². The molecule has 0 aromatic heterocycles. The number of hydrogen-bond acceptors (Lipinski definition) is 3. The maximum Gasteiger partial charge on any atom is 0.244 e. The quantitative estimate of drug-likeness (QED) is 0.469. The minimum atomic E-state index is -0.530. The van der Waals surface area contributed by atoms with E-state index < -0.39 is 6.10 Å². The molecule has 0 radical (unpaired) electrons. The molecular formula is C12H22N2O2. The third-order valence-electron chi connectivity index (χ3n) is 2.02. The summed E-state index contributed by atoms with van der Waals surface area (Å²) in [5.74, 6) is -0.211. The van der Waals surface area contributed by atoms with Crippen molar-refractivity contribution in [3.63, 3.8) is 0 Å². The predicted octanol–water partition coefficient (Wildman–Crippen LogP) is 0.547. The summed E-state index contributed by atoms with van der Waals surface area (Å²) in [5, 5.41) is 12.2. The molecule has 0 spiro atoms. The van der Waals surface area contributed by atoms with Gasteiger partial charge in [-0.2, -0.15) is 0 Å². The minimum absolute atomic E-state index is 0.211. The number of amides is 1. The molecule has 1 unspecified atom stereocenters. The molecule has 0 aliphatic heterocycles. The summed E-state index contributed by atoms with van der Waals surface area (Å²) in [7, 11) is 1.95. The van der Waals surface area contributed by atoms with Gasteiger partial charge < -0.3 is 15.3 Å². The van der Waals surface area contributed by atoms with Crippen molar-refractivity contribution in [2.75, 3.05) is 26.7 Å². The Morgan fingerprint density at radius 1 is 1.62 bits per heavy atom. The van der Waals surface area contributed by atoms with Crippen molar-refractivity contribution in [2.24, 2.45) is 0 Å². The van der Waals surface area contributed by atoms with E-state index >= 15 is 0 Å². The molecule has 0 aromatic rings. The van der Waals surface area contributed by atoms with Crippen LogP contribution in [0.5, 0.6) is 0 Å². The summed E-state index contributed by atoms with van der Waals surface area (Å²) in [6.45, 7) is 7.34. The van der Waals surface area contributed by atoms with E-state index in [1.165, 1.54) is 12.2 Å². The van der Waals surface area contributed by atoms with Crippen LogP contribution in [0.3, 0.4) is 0 Å². The van der Waals surface area contributed by atoms with Gasteiger partial charge in [0.2, 0.25) is 5.91 Å². The molecule has 1 amide bonds. The Kier molecular flexibility index (Phi) is 8.48. The first-order chi connectivity index (χ1) is 7.60. The summed E-state index contributed by atoms with van der Waals surface area (Å²) in [6, 6.07) is 0. The molecule has 0 aromatic carbocycles. The second-order valence-electron chi connectivity index (χ2n) is 3.76. The molecule has 0 aliphatic rings. The molecule has 2 N–H and O–H groups in total. The van der Waals surface area contributed by atoms with Crippen molar-refractivity contribution in [3.8, 4) is 0 Å². The zero-order valence-corrected chi connectivity index (χ0v) is 10.1. The Balaban J connectivity index is 3.71. The number of nitrogens with one attached hydrogen (secondary N) is 1. The fraction of sp³-hybridized carbons (Fsp3) is 0.583. The first-order valence-corrected chi connectivity index (χ1v) is 5.53. The third-order valence-corrected chi connectivity index (χ3v) is 2.02. The third kappa shape index (κ3) is 8.20. The number of likely N-dealkylation sites (N-methyl/N-ethyl adjacent to an activating group) is 1. The topological polar surface area (TPSA) is 52.6 Å². The normalized spacial score (nSPS) is 13.0.